The van der Waals surface area contributed by atoms with Crippen LogP contribution in [0.5, 0.6) is 0 Å². The monoisotopic (exact) mass is 391 g/mol. The van der Waals surface area contributed by atoms with Gasteiger partial charge in [-0.3, -0.25) is 0 Å². The third-order valence-electron chi connectivity index (χ3n) is 4.44. The van der Waals surface area contributed by atoms with Crippen molar-refractivity contribution >= 4 is 45.1 Å². The predicted octanol–water partition coefficient (Wildman–Crippen LogP) is 6.41. The fourth-order valence-corrected chi connectivity index (χ4v) is 3.68. The van der Waals surface area contributed by atoms with Crippen LogP contribution in [0.4, 0.5) is 0 Å². The number of nitrogens with zero attached hydrogens (tertiary/aromatic N) is 3. The third kappa shape index (κ3) is 2.74. The van der Waals surface area contributed by atoms with Gasteiger partial charge in [0.15, 0.2) is 5.82 Å². The summed E-state index contributed by atoms with van der Waals surface area (Å²) in [5.74, 6) is 0.420. The van der Waals surface area contributed by atoms with Gasteiger partial charge in [0.25, 0.3) is 0 Å². The van der Waals surface area contributed by atoms with Gasteiger partial charge in [-0.25, -0.2) is 0 Å². The normalized spacial score (nSPS) is 11.3. The lowest BCUT2D eigenvalue weighted by Gasteiger charge is -2.09. The topological polar surface area (TPSA) is 51.8 Å². The first-order valence-corrected chi connectivity index (χ1v) is 9.03. The fraction of sp³-hybridized carbons (Fsp3) is 0. The third-order valence-corrected chi connectivity index (χ3v) is 4.78. The molecule has 2 heterocycles. The van der Waals surface area contributed by atoms with E-state index in [9.17, 15) is 0 Å². The van der Waals surface area contributed by atoms with Gasteiger partial charge in [0, 0.05) is 21.9 Å². The van der Waals surface area contributed by atoms with Crippen LogP contribution in [-0.2, 0) is 0 Å². The molecule has 0 amide bonds. The Kier molecular flexibility index (Phi) is 3.81. The number of halogens is 2. The molecule has 2 aromatic heterocycles. The van der Waals surface area contributed by atoms with Gasteiger partial charge in [0.1, 0.15) is 11.2 Å². The molecule has 0 aliphatic rings. The lowest BCUT2D eigenvalue weighted by Crippen LogP contribution is -1.95. The van der Waals surface area contributed by atoms with Gasteiger partial charge < -0.3 is 4.42 Å². The van der Waals surface area contributed by atoms with Crippen LogP contribution in [0.15, 0.2) is 71.1 Å². The molecule has 0 fully saturated rings. The fourth-order valence-electron chi connectivity index (χ4n) is 3.32. The van der Waals surface area contributed by atoms with Crippen LogP contribution in [0.1, 0.15) is 0 Å². The second-order valence-corrected chi connectivity index (χ2v) is 6.70. The molecule has 5 aromatic rings. The molecular weight excluding hydrogens is 381 g/mol. The number of hydrogen-bond acceptors (Lipinski definition) is 4. The summed E-state index contributed by atoms with van der Waals surface area (Å²) >= 11 is 12.0. The van der Waals surface area contributed by atoms with E-state index in [0.29, 0.717) is 5.82 Å². The molecule has 130 valence electrons. The summed E-state index contributed by atoms with van der Waals surface area (Å²) in [5, 5.41) is 2.26. The van der Waals surface area contributed by atoms with Gasteiger partial charge in [0.2, 0.25) is 10.6 Å². The SMILES string of the molecule is Clc1nc(Cl)nc(-c2ccccc2-c2cccc3c2oc2ccccc23)n1. The summed E-state index contributed by atoms with van der Waals surface area (Å²) in [6.45, 7) is 0. The first kappa shape index (κ1) is 16.2. The molecule has 0 N–H and O–H groups in total. The number of rotatable bonds is 2. The minimum Gasteiger partial charge on any atom is -0.455 e. The second-order valence-electron chi connectivity index (χ2n) is 6.02. The molecular formula is C21H11Cl2N3O. The van der Waals surface area contributed by atoms with Crippen LogP contribution in [0, 0.1) is 0 Å². The number of hydrogen-bond donors (Lipinski definition) is 0. The number of fused-ring (bicyclic) bond motifs is 3. The molecule has 0 unspecified atom stereocenters. The summed E-state index contributed by atoms with van der Waals surface area (Å²) in [6.07, 6.45) is 0. The van der Waals surface area contributed by atoms with E-state index in [0.717, 1.165) is 38.6 Å². The highest BCUT2D eigenvalue weighted by Gasteiger charge is 2.16. The highest BCUT2D eigenvalue weighted by molar-refractivity contribution is 6.31. The zero-order valence-electron chi connectivity index (χ0n) is 13.9. The zero-order chi connectivity index (χ0) is 18.4. The minimum absolute atomic E-state index is 0.0572. The molecule has 0 bridgehead atoms. The standard InChI is InChI=1S/C21H11Cl2N3O/c22-20-24-19(25-21(23)26-20)16-8-2-1-6-12(16)14-9-5-10-15-13-7-3-4-11-17(13)27-18(14)15/h1-11H. The van der Waals surface area contributed by atoms with Crippen LogP contribution in [0.3, 0.4) is 0 Å². The van der Waals surface area contributed by atoms with Crippen molar-refractivity contribution in [1.29, 1.82) is 0 Å². The quantitative estimate of drug-likeness (QED) is 0.348. The molecule has 4 nitrogen and oxygen atoms in total. The highest BCUT2D eigenvalue weighted by Crippen LogP contribution is 2.39. The Hall–Kier alpha value is -2.95. The van der Waals surface area contributed by atoms with E-state index in [1.807, 2.05) is 54.6 Å². The average Bonchev–Trinajstić information content (AvgIpc) is 3.06. The Morgan fingerprint density at radius 3 is 2.04 bits per heavy atom. The lowest BCUT2D eigenvalue weighted by atomic mass is 9.97. The first-order chi connectivity index (χ1) is 13.2. The van der Waals surface area contributed by atoms with Crippen LogP contribution in [0.25, 0.3) is 44.5 Å². The zero-order valence-corrected chi connectivity index (χ0v) is 15.4. The van der Waals surface area contributed by atoms with Crippen LogP contribution < -0.4 is 0 Å². The van der Waals surface area contributed by atoms with Gasteiger partial charge in [-0.1, -0.05) is 60.7 Å². The maximum atomic E-state index is 6.17. The number of aromatic nitrogens is 3. The molecule has 3 aromatic carbocycles. The van der Waals surface area contributed by atoms with Crippen molar-refractivity contribution in [3.05, 3.63) is 77.3 Å². The van der Waals surface area contributed by atoms with Crippen LogP contribution in [-0.4, -0.2) is 15.0 Å². The van der Waals surface area contributed by atoms with Crippen LogP contribution in [0.2, 0.25) is 10.6 Å². The van der Waals surface area contributed by atoms with Gasteiger partial charge in [-0.15, -0.1) is 0 Å². The molecule has 6 heteroatoms. The number of para-hydroxylation sites is 2. The molecule has 0 aliphatic carbocycles. The molecule has 0 saturated heterocycles. The Balaban J connectivity index is 1.81. The Bertz CT molecular complexity index is 1290. The Labute approximate surface area is 164 Å². The van der Waals surface area contributed by atoms with Crippen LogP contribution >= 0.6 is 23.2 Å². The van der Waals surface area contributed by atoms with Crippen molar-refractivity contribution in [2.45, 2.75) is 0 Å². The van der Waals surface area contributed by atoms with E-state index in [1.165, 1.54) is 0 Å². The Morgan fingerprint density at radius 2 is 1.22 bits per heavy atom. The maximum absolute atomic E-state index is 6.17. The van der Waals surface area contributed by atoms with Gasteiger partial charge >= 0.3 is 0 Å². The van der Waals surface area contributed by atoms with Crippen molar-refractivity contribution in [3.8, 4) is 22.5 Å². The Morgan fingerprint density at radius 1 is 0.593 bits per heavy atom. The first-order valence-electron chi connectivity index (χ1n) is 8.28. The summed E-state index contributed by atoms with van der Waals surface area (Å²) < 4.78 is 6.17. The van der Waals surface area contributed by atoms with Crippen molar-refractivity contribution in [3.63, 3.8) is 0 Å². The molecule has 0 aliphatic heterocycles. The van der Waals surface area contributed by atoms with E-state index in [1.54, 1.807) is 0 Å². The second kappa shape index (κ2) is 6.34. The molecule has 0 spiro atoms. The van der Waals surface area contributed by atoms with E-state index in [4.69, 9.17) is 27.6 Å². The summed E-state index contributed by atoms with van der Waals surface area (Å²) in [7, 11) is 0. The molecule has 5 rings (SSSR count). The average molecular weight is 392 g/mol. The summed E-state index contributed by atoms with van der Waals surface area (Å²) in [4.78, 5) is 12.3. The van der Waals surface area contributed by atoms with Crippen molar-refractivity contribution < 1.29 is 4.42 Å². The van der Waals surface area contributed by atoms with Gasteiger partial charge in [-0.2, -0.15) is 15.0 Å². The lowest BCUT2D eigenvalue weighted by molar-refractivity contribution is 0.670. The van der Waals surface area contributed by atoms with E-state index < -0.39 is 0 Å². The van der Waals surface area contributed by atoms with E-state index in [-0.39, 0.29) is 10.6 Å². The number of benzene rings is 3. The summed E-state index contributed by atoms with van der Waals surface area (Å²) in [6, 6.07) is 21.9. The van der Waals surface area contributed by atoms with Gasteiger partial charge in [0.05, 0.1) is 0 Å². The molecule has 0 atom stereocenters. The smallest absolute Gasteiger partial charge is 0.227 e. The number of furan rings is 1. The predicted molar refractivity (Wildman–Crippen MR) is 108 cm³/mol. The van der Waals surface area contributed by atoms with Crippen molar-refractivity contribution in [2.24, 2.45) is 0 Å². The molecule has 27 heavy (non-hydrogen) atoms. The molecule has 0 radical (unpaired) electrons. The maximum Gasteiger partial charge on any atom is 0.227 e. The highest BCUT2D eigenvalue weighted by atomic mass is 35.5. The van der Waals surface area contributed by atoms with E-state index in [2.05, 4.69) is 27.1 Å². The largest absolute Gasteiger partial charge is 0.455 e. The summed E-state index contributed by atoms with van der Waals surface area (Å²) in [5.41, 5.74) is 4.35. The van der Waals surface area contributed by atoms with E-state index >= 15 is 0 Å². The van der Waals surface area contributed by atoms with Crippen molar-refractivity contribution in [1.82, 2.24) is 15.0 Å². The minimum atomic E-state index is 0.0572. The van der Waals surface area contributed by atoms with Gasteiger partial charge in [-0.05, 0) is 34.8 Å². The molecule has 0 saturated carbocycles. The van der Waals surface area contributed by atoms with Crippen molar-refractivity contribution in [2.75, 3.05) is 0 Å².